The molecular formula is C12H16ClN3O5. The first-order valence-corrected chi connectivity index (χ1v) is 6.70. The zero-order valence-electron chi connectivity index (χ0n) is 11.9. The summed E-state index contributed by atoms with van der Waals surface area (Å²) in [7, 11) is 1.22. The highest BCUT2D eigenvalue weighted by atomic mass is 35.5. The summed E-state index contributed by atoms with van der Waals surface area (Å²) in [6, 6.07) is 0.922. The number of anilines is 1. The Bertz CT molecular complexity index is 560. The SMILES string of the molecule is CCC(CC)Nc1c([N+](=O)[O-])cc(Cl)c(OC)c1[N+](=O)[O-]. The molecule has 9 heteroatoms. The van der Waals surface area contributed by atoms with Gasteiger partial charge in [0.25, 0.3) is 0 Å². The molecule has 0 atom stereocenters. The highest BCUT2D eigenvalue weighted by Gasteiger charge is 2.33. The molecule has 0 aliphatic carbocycles. The molecule has 0 spiro atoms. The summed E-state index contributed by atoms with van der Waals surface area (Å²) >= 11 is 5.84. The van der Waals surface area contributed by atoms with Crippen LogP contribution in [0.5, 0.6) is 5.75 Å². The van der Waals surface area contributed by atoms with E-state index in [0.29, 0.717) is 12.8 Å². The molecule has 0 amide bonds. The van der Waals surface area contributed by atoms with Gasteiger partial charge in [-0.05, 0) is 12.8 Å². The number of hydrogen-bond acceptors (Lipinski definition) is 6. The minimum atomic E-state index is -0.734. The van der Waals surface area contributed by atoms with E-state index in [4.69, 9.17) is 16.3 Å². The van der Waals surface area contributed by atoms with E-state index in [9.17, 15) is 20.2 Å². The van der Waals surface area contributed by atoms with Crippen molar-refractivity contribution in [3.05, 3.63) is 31.3 Å². The zero-order chi connectivity index (χ0) is 16.2. The van der Waals surface area contributed by atoms with Gasteiger partial charge in [-0.15, -0.1) is 0 Å². The van der Waals surface area contributed by atoms with Crippen LogP contribution in [0, 0.1) is 20.2 Å². The van der Waals surface area contributed by atoms with Crippen LogP contribution < -0.4 is 10.1 Å². The van der Waals surface area contributed by atoms with E-state index in [1.807, 2.05) is 13.8 Å². The number of hydrogen-bond donors (Lipinski definition) is 1. The maximum atomic E-state index is 11.3. The molecule has 0 unspecified atom stereocenters. The summed E-state index contributed by atoms with van der Waals surface area (Å²) in [5, 5.41) is 25.1. The van der Waals surface area contributed by atoms with Crippen molar-refractivity contribution in [1.29, 1.82) is 0 Å². The third kappa shape index (κ3) is 3.52. The van der Waals surface area contributed by atoms with Crippen LogP contribution in [-0.2, 0) is 0 Å². The van der Waals surface area contributed by atoms with Crippen LogP contribution in [0.15, 0.2) is 6.07 Å². The highest BCUT2D eigenvalue weighted by Crippen LogP contribution is 2.46. The van der Waals surface area contributed by atoms with E-state index < -0.39 is 21.2 Å². The third-order valence-corrected chi connectivity index (χ3v) is 3.39. The Morgan fingerprint density at radius 3 is 2.24 bits per heavy atom. The highest BCUT2D eigenvalue weighted by molar-refractivity contribution is 6.33. The van der Waals surface area contributed by atoms with E-state index in [0.717, 1.165) is 6.07 Å². The standard InChI is InChI=1S/C12H16ClN3O5/c1-4-7(5-2)14-10-9(15(17)18)6-8(13)12(21-3)11(10)16(19)20/h6-7,14H,4-5H2,1-3H3. The summed E-state index contributed by atoms with van der Waals surface area (Å²) in [5.74, 6) is -0.194. The minimum absolute atomic E-state index is 0.131. The summed E-state index contributed by atoms with van der Waals surface area (Å²) in [6.07, 6.45) is 1.32. The van der Waals surface area contributed by atoms with Gasteiger partial charge in [-0.3, -0.25) is 20.2 Å². The lowest BCUT2D eigenvalue weighted by Gasteiger charge is -2.17. The van der Waals surface area contributed by atoms with Crippen molar-refractivity contribution < 1.29 is 14.6 Å². The molecule has 0 bridgehead atoms. The molecule has 0 heterocycles. The average molecular weight is 318 g/mol. The Balaban J connectivity index is 3.61. The molecule has 0 aliphatic heterocycles. The predicted molar refractivity (Wildman–Crippen MR) is 79.3 cm³/mol. The second-order valence-corrected chi connectivity index (χ2v) is 4.71. The van der Waals surface area contributed by atoms with Gasteiger partial charge in [0.1, 0.15) is 0 Å². The molecule has 1 N–H and O–H groups in total. The fourth-order valence-corrected chi connectivity index (χ4v) is 2.23. The number of rotatable bonds is 7. The van der Waals surface area contributed by atoms with Gasteiger partial charge in [0, 0.05) is 12.1 Å². The van der Waals surface area contributed by atoms with Crippen molar-refractivity contribution >= 4 is 28.7 Å². The molecule has 0 radical (unpaired) electrons. The molecule has 1 rings (SSSR count). The monoisotopic (exact) mass is 317 g/mol. The molecule has 0 saturated carbocycles. The second-order valence-electron chi connectivity index (χ2n) is 4.31. The van der Waals surface area contributed by atoms with Crippen molar-refractivity contribution in [1.82, 2.24) is 0 Å². The number of nitro benzene ring substituents is 2. The van der Waals surface area contributed by atoms with Gasteiger partial charge in [0.05, 0.1) is 22.0 Å². The summed E-state index contributed by atoms with van der Waals surface area (Å²) in [5.41, 5.74) is -1.15. The number of benzene rings is 1. The number of nitrogens with one attached hydrogen (secondary N) is 1. The first-order valence-electron chi connectivity index (χ1n) is 6.33. The lowest BCUT2D eigenvalue weighted by molar-refractivity contribution is -0.392. The number of nitro groups is 2. The van der Waals surface area contributed by atoms with Crippen molar-refractivity contribution in [3.63, 3.8) is 0 Å². The van der Waals surface area contributed by atoms with Crippen molar-refractivity contribution in [2.24, 2.45) is 0 Å². The first-order chi connectivity index (χ1) is 9.87. The first kappa shape index (κ1) is 17.0. The molecule has 116 valence electrons. The summed E-state index contributed by atoms with van der Waals surface area (Å²) in [6.45, 7) is 3.76. The molecule has 8 nitrogen and oxygen atoms in total. The average Bonchev–Trinajstić information content (AvgIpc) is 2.44. The Labute approximate surface area is 126 Å². The summed E-state index contributed by atoms with van der Waals surface area (Å²) in [4.78, 5) is 21.0. The zero-order valence-corrected chi connectivity index (χ0v) is 12.6. The number of nitrogens with zero attached hydrogens (tertiary/aromatic N) is 2. The van der Waals surface area contributed by atoms with Crippen LogP contribution in [0.3, 0.4) is 0 Å². The van der Waals surface area contributed by atoms with Gasteiger partial charge >= 0.3 is 11.4 Å². The minimum Gasteiger partial charge on any atom is -0.489 e. The van der Waals surface area contributed by atoms with Crippen LogP contribution in [-0.4, -0.2) is 23.0 Å². The van der Waals surface area contributed by atoms with Gasteiger partial charge in [0.15, 0.2) is 5.69 Å². The Morgan fingerprint density at radius 1 is 1.29 bits per heavy atom. The van der Waals surface area contributed by atoms with Crippen LogP contribution >= 0.6 is 11.6 Å². The summed E-state index contributed by atoms with van der Waals surface area (Å²) < 4.78 is 4.93. The third-order valence-electron chi connectivity index (χ3n) is 3.11. The van der Waals surface area contributed by atoms with Crippen molar-refractivity contribution in [2.75, 3.05) is 12.4 Å². The van der Waals surface area contributed by atoms with Gasteiger partial charge < -0.3 is 10.1 Å². The predicted octanol–water partition coefficient (Wildman–Crippen LogP) is 3.77. The molecule has 0 aliphatic rings. The molecule has 0 aromatic heterocycles. The van der Waals surface area contributed by atoms with Gasteiger partial charge in [-0.2, -0.15) is 0 Å². The molecule has 21 heavy (non-hydrogen) atoms. The maximum absolute atomic E-state index is 11.3. The number of ether oxygens (including phenoxy) is 1. The van der Waals surface area contributed by atoms with E-state index in [2.05, 4.69) is 5.32 Å². The van der Waals surface area contributed by atoms with Gasteiger partial charge in [-0.1, -0.05) is 25.4 Å². The van der Waals surface area contributed by atoms with E-state index >= 15 is 0 Å². The van der Waals surface area contributed by atoms with Crippen molar-refractivity contribution in [3.8, 4) is 5.75 Å². The van der Waals surface area contributed by atoms with Crippen LogP contribution in [0.2, 0.25) is 5.02 Å². The topological polar surface area (TPSA) is 108 Å². The van der Waals surface area contributed by atoms with E-state index in [1.54, 1.807) is 0 Å². The second kappa shape index (κ2) is 7.07. The smallest absolute Gasteiger partial charge is 0.342 e. The van der Waals surface area contributed by atoms with Crippen LogP contribution in [0.1, 0.15) is 26.7 Å². The number of methoxy groups -OCH3 is 1. The lowest BCUT2D eigenvalue weighted by atomic mass is 10.1. The lowest BCUT2D eigenvalue weighted by Crippen LogP contribution is -2.19. The number of halogens is 1. The van der Waals surface area contributed by atoms with Crippen LogP contribution in [0.25, 0.3) is 0 Å². The van der Waals surface area contributed by atoms with Gasteiger partial charge in [0.2, 0.25) is 5.75 Å². The Hall–Kier alpha value is -2.09. The van der Waals surface area contributed by atoms with Crippen molar-refractivity contribution in [2.45, 2.75) is 32.7 Å². The Kier molecular flexibility index (Phi) is 5.71. The fourth-order valence-electron chi connectivity index (χ4n) is 1.96. The quantitative estimate of drug-likeness (QED) is 0.606. The molecule has 1 aromatic rings. The molecular weight excluding hydrogens is 302 g/mol. The fraction of sp³-hybridized carbons (Fsp3) is 0.500. The Morgan fingerprint density at radius 2 is 1.86 bits per heavy atom. The van der Waals surface area contributed by atoms with E-state index in [1.165, 1.54) is 7.11 Å². The largest absolute Gasteiger partial charge is 0.489 e. The molecule has 1 aromatic carbocycles. The molecule has 0 saturated heterocycles. The molecule has 0 fully saturated rings. The maximum Gasteiger partial charge on any atom is 0.342 e. The van der Waals surface area contributed by atoms with E-state index in [-0.39, 0.29) is 22.5 Å². The van der Waals surface area contributed by atoms with Gasteiger partial charge in [-0.25, -0.2) is 0 Å². The van der Waals surface area contributed by atoms with Crippen LogP contribution in [0.4, 0.5) is 17.1 Å². The normalized spacial score (nSPS) is 10.5.